The van der Waals surface area contributed by atoms with Crippen molar-refractivity contribution in [3.8, 4) is 0 Å². The lowest BCUT2D eigenvalue weighted by atomic mass is 9.96. The Balaban J connectivity index is 2.38. The van der Waals surface area contributed by atoms with Crippen LogP contribution in [0.3, 0.4) is 0 Å². The maximum absolute atomic E-state index is 6.10. The fourth-order valence-corrected chi connectivity index (χ4v) is 2.77. The van der Waals surface area contributed by atoms with Gasteiger partial charge >= 0.3 is 0 Å². The standard InChI is InChI=1S/C15H19ClN4S/c1-8-9(2)17-14(18-10(8)3)21-12-7-11(16)19-13(20-12)15(4,5)6/h7H,1-6H3. The topological polar surface area (TPSA) is 51.6 Å². The van der Waals surface area contributed by atoms with Crippen molar-refractivity contribution in [2.24, 2.45) is 0 Å². The predicted octanol–water partition coefficient (Wildman–Crippen LogP) is 4.29. The van der Waals surface area contributed by atoms with E-state index in [9.17, 15) is 0 Å². The van der Waals surface area contributed by atoms with Crippen LogP contribution in [0.5, 0.6) is 0 Å². The van der Waals surface area contributed by atoms with Crippen molar-refractivity contribution < 1.29 is 0 Å². The molecule has 0 radical (unpaired) electrons. The molecule has 0 unspecified atom stereocenters. The molecule has 2 aromatic heterocycles. The fourth-order valence-electron chi connectivity index (χ4n) is 1.67. The summed E-state index contributed by atoms with van der Waals surface area (Å²) >= 11 is 7.52. The van der Waals surface area contributed by atoms with Gasteiger partial charge < -0.3 is 0 Å². The normalized spacial score (nSPS) is 11.8. The highest BCUT2D eigenvalue weighted by molar-refractivity contribution is 7.99. The van der Waals surface area contributed by atoms with E-state index in [1.54, 1.807) is 6.07 Å². The Morgan fingerprint density at radius 1 is 0.952 bits per heavy atom. The van der Waals surface area contributed by atoms with Crippen LogP contribution in [0, 0.1) is 20.8 Å². The van der Waals surface area contributed by atoms with Crippen molar-refractivity contribution in [1.29, 1.82) is 0 Å². The SMILES string of the molecule is Cc1nc(Sc2cc(Cl)nc(C(C)(C)C)n2)nc(C)c1C. The lowest BCUT2D eigenvalue weighted by Crippen LogP contribution is -2.16. The van der Waals surface area contributed by atoms with E-state index < -0.39 is 0 Å². The summed E-state index contributed by atoms with van der Waals surface area (Å²) in [5.74, 6) is 0.720. The van der Waals surface area contributed by atoms with Gasteiger partial charge in [-0.05, 0) is 38.1 Å². The maximum Gasteiger partial charge on any atom is 0.194 e. The summed E-state index contributed by atoms with van der Waals surface area (Å²) in [5.41, 5.74) is 2.94. The summed E-state index contributed by atoms with van der Waals surface area (Å²) < 4.78 is 0. The number of hydrogen-bond acceptors (Lipinski definition) is 5. The van der Waals surface area contributed by atoms with E-state index in [0.717, 1.165) is 27.8 Å². The molecule has 0 atom stereocenters. The molecule has 21 heavy (non-hydrogen) atoms. The summed E-state index contributed by atoms with van der Waals surface area (Å²) in [6.07, 6.45) is 0. The molecule has 0 saturated heterocycles. The molecule has 0 amide bonds. The molecule has 0 aliphatic heterocycles. The van der Waals surface area contributed by atoms with E-state index in [1.807, 2.05) is 20.8 Å². The second-order valence-corrected chi connectivity index (χ2v) is 7.38. The molecule has 0 fully saturated rings. The van der Waals surface area contributed by atoms with E-state index in [2.05, 4.69) is 40.7 Å². The lowest BCUT2D eigenvalue weighted by Gasteiger charge is -2.17. The minimum Gasteiger partial charge on any atom is -0.227 e. The Morgan fingerprint density at radius 2 is 1.52 bits per heavy atom. The highest BCUT2D eigenvalue weighted by Crippen LogP contribution is 2.28. The van der Waals surface area contributed by atoms with Crippen LogP contribution in [0.4, 0.5) is 0 Å². The monoisotopic (exact) mass is 322 g/mol. The number of aryl methyl sites for hydroxylation is 2. The first kappa shape index (κ1) is 16.2. The molecular formula is C15H19ClN4S. The first-order chi connectivity index (χ1) is 9.66. The van der Waals surface area contributed by atoms with Gasteiger partial charge in [0.2, 0.25) is 0 Å². The van der Waals surface area contributed by atoms with Crippen LogP contribution < -0.4 is 0 Å². The third-order valence-electron chi connectivity index (χ3n) is 3.15. The molecule has 0 aromatic carbocycles. The highest BCUT2D eigenvalue weighted by atomic mass is 35.5. The third-order valence-corrected chi connectivity index (χ3v) is 4.13. The minimum absolute atomic E-state index is 0.153. The Labute approximate surface area is 134 Å². The fraction of sp³-hybridized carbons (Fsp3) is 0.467. The summed E-state index contributed by atoms with van der Waals surface area (Å²) in [7, 11) is 0. The zero-order valence-corrected chi connectivity index (χ0v) is 14.7. The molecule has 2 aromatic rings. The predicted molar refractivity (Wildman–Crippen MR) is 86.1 cm³/mol. The van der Waals surface area contributed by atoms with E-state index in [-0.39, 0.29) is 5.41 Å². The van der Waals surface area contributed by atoms with Gasteiger partial charge in [-0.25, -0.2) is 19.9 Å². The van der Waals surface area contributed by atoms with Crippen molar-refractivity contribution in [3.05, 3.63) is 34.0 Å². The zero-order chi connectivity index (χ0) is 15.8. The average Bonchev–Trinajstić information content (AvgIpc) is 2.34. The summed E-state index contributed by atoms with van der Waals surface area (Å²) in [6, 6.07) is 1.75. The molecule has 112 valence electrons. The van der Waals surface area contributed by atoms with Crippen molar-refractivity contribution in [1.82, 2.24) is 19.9 Å². The van der Waals surface area contributed by atoms with Gasteiger partial charge in [0.15, 0.2) is 5.16 Å². The molecule has 4 nitrogen and oxygen atoms in total. The molecule has 0 bridgehead atoms. The largest absolute Gasteiger partial charge is 0.227 e. The Kier molecular flexibility index (Phi) is 4.54. The number of aromatic nitrogens is 4. The average molecular weight is 323 g/mol. The van der Waals surface area contributed by atoms with Crippen LogP contribution in [-0.2, 0) is 5.41 Å². The third kappa shape index (κ3) is 3.92. The van der Waals surface area contributed by atoms with Crippen molar-refractivity contribution in [2.45, 2.75) is 57.1 Å². The molecule has 0 saturated carbocycles. The zero-order valence-electron chi connectivity index (χ0n) is 13.2. The van der Waals surface area contributed by atoms with Gasteiger partial charge in [-0.15, -0.1) is 0 Å². The first-order valence-electron chi connectivity index (χ1n) is 6.71. The van der Waals surface area contributed by atoms with E-state index in [0.29, 0.717) is 10.3 Å². The highest BCUT2D eigenvalue weighted by Gasteiger charge is 2.19. The minimum atomic E-state index is -0.153. The molecule has 0 spiro atoms. The molecular weight excluding hydrogens is 304 g/mol. The van der Waals surface area contributed by atoms with Crippen molar-refractivity contribution in [2.75, 3.05) is 0 Å². The smallest absolute Gasteiger partial charge is 0.194 e. The molecule has 0 aliphatic carbocycles. The van der Waals surface area contributed by atoms with Gasteiger partial charge in [-0.3, -0.25) is 0 Å². The first-order valence-corrected chi connectivity index (χ1v) is 7.91. The molecule has 0 N–H and O–H groups in total. The number of nitrogens with zero attached hydrogens (tertiary/aromatic N) is 4. The molecule has 2 rings (SSSR count). The second-order valence-electron chi connectivity index (χ2n) is 6.01. The van der Waals surface area contributed by atoms with Crippen LogP contribution in [0.1, 0.15) is 43.5 Å². The van der Waals surface area contributed by atoms with Crippen LogP contribution in [0.2, 0.25) is 5.15 Å². The Hall–Kier alpha value is -1.20. The molecule has 0 aliphatic rings. The number of hydrogen-bond donors (Lipinski definition) is 0. The van der Waals surface area contributed by atoms with Crippen LogP contribution >= 0.6 is 23.4 Å². The molecule has 2 heterocycles. The van der Waals surface area contributed by atoms with E-state index >= 15 is 0 Å². The Morgan fingerprint density at radius 3 is 2.05 bits per heavy atom. The van der Waals surface area contributed by atoms with Gasteiger partial charge in [0.05, 0.1) is 0 Å². The van der Waals surface area contributed by atoms with E-state index in [1.165, 1.54) is 11.8 Å². The van der Waals surface area contributed by atoms with Crippen LogP contribution in [0.25, 0.3) is 0 Å². The van der Waals surface area contributed by atoms with Gasteiger partial charge in [0.25, 0.3) is 0 Å². The maximum atomic E-state index is 6.10. The number of halogens is 1. The van der Waals surface area contributed by atoms with Crippen molar-refractivity contribution >= 4 is 23.4 Å². The molecule has 6 heteroatoms. The van der Waals surface area contributed by atoms with Gasteiger partial charge in [0.1, 0.15) is 16.0 Å². The lowest BCUT2D eigenvalue weighted by molar-refractivity contribution is 0.538. The van der Waals surface area contributed by atoms with E-state index in [4.69, 9.17) is 11.6 Å². The van der Waals surface area contributed by atoms with Crippen LogP contribution in [-0.4, -0.2) is 19.9 Å². The number of rotatable bonds is 2. The second kappa shape index (κ2) is 5.89. The summed E-state index contributed by atoms with van der Waals surface area (Å²) in [6.45, 7) is 12.2. The van der Waals surface area contributed by atoms with Gasteiger partial charge in [0, 0.05) is 22.9 Å². The summed E-state index contributed by atoms with van der Waals surface area (Å²) in [5, 5.41) is 1.89. The van der Waals surface area contributed by atoms with Gasteiger partial charge in [-0.1, -0.05) is 32.4 Å². The van der Waals surface area contributed by atoms with Gasteiger partial charge in [-0.2, -0.15) is 0 Å². The summed E-state index contributed by atoms with van der Waals surface area (Å²) in [4.78, 5) is 17.9. The Bertz CT molecular complexity index is 657. The van der Waals surface area contributed by atoms with Crippen molar-refractivity contribution in [3.63, 3.8) is 0 Å². The quantitative estimate of drug-likeness (QED) is 0.609. The van der Waals surface area contributed by atoms with Crippen LogP contribution in [0.15, 0.2) is 16.2 Å².